The zero-order valence-electron chi connectivity index (χ0n) is 7.02. The number of piperazine rings is 1. The third-order valence-electron chi connectivity index (χ3n) is 1.89. The lowest BCUT2D eigenvalue weighted by Gasteiger charge is -2.31. The van der Waals surface area contributed by atoms with E-state index in [0.29, 0.717) is 0 Å². The van der Waals surface area contributed by atoms with Crippen molar-refractivity contribution in [3.8, 4) is 0 Å². The molecule has 5 nitrogen and oxygen atoms in total. The molecule has 2 atom stereocenters. The van der Waals surface area contributed by atoms with Crippen LogP contribution in [0.3, 0.4) is 0 Å². The molecule has 2 N–H and O–H groups in total. The molecule has 2 unspecified atom stereocenters. The van der Waals surface area contributed by atoms with Gasteiger partial charge in [-0.2, -0.15) is 4.21 Å². The van der Waals surface area contributed by atoms with Crippen LogP contribution in [0.5, 0.6) is 0 Å². The molecule has 6 heteroatoms. The number of nitrogens with zero attached hydrogens (tertiary/aromatic N) is 1. The van der Waals surface area contributed by atoms with Crippen molar-refractivity contribution in [3.05, 3.63) is 0 Å². The van der Waals surface area contributed by atoms with Gasteiger partial charge in [0.25, 0.3) is 0 Å². The molecule has 1 saturated heterocycles. The molecular formula is C6H14N2O3S. The van der Waals surface area contributed by atoms with Crippen molar-refractivity contribution in [2.45, 2.75) is 13.2 Å². The summed E-state index contributed by atoms with van der Waals surface area (Å²) in [6.45, 7) is 5.31. The molecule has 0 aromatic heterocycles. The third kappa shape index (κ3) is 3.16. The van der Waals surface area contributed by atoms with E-state index in [1.807, 2.05) is 4.90 Å². The second kappa shape index (κ2) is 4.88. The van der Waals surface area contributed by atoms with Crippen LogP contribution in [0.2, 0.25) is 0 Å². The Labute approximate surface area is 74.6 Å². The van der Waals surface area contributed by atoms with Crippen LogP contribution < -0.4 is 5.32 Å². The molecule has 1 fully saturated rings. The average molecular weight is 194 g/mol. The molecule has 0 bridgehead atoms. The maximum Gasteiger partial charge on any atom is 0.303 e. The van der Waals surface area contributed by atoms with Crippen LogP contribution >= 0.6 is 0 Å². The smallest absolute Gasteiger partial charge is 0.303 e. The van der Waals surface area contributed by atoms with Gasteiger partial charge in [-0.25, -0.2) is 4.18 Å². The van der Waals surface area contributed by atoms with E-state index in [2.05, 4.69) is 5.32 Å². The van der Waals surface area contributed by atoms with Crippen molar-refractivity contribution in [1.82, 2.24) is 10.2 Å². The SMILES string of the molecule is CC(OS(=O)O)N1CCNCC1. The summed E-state index contributed by atoms with van der Waals surface area (Å²) in [6.07, 6.45) is -0.280. The minimum atomic E-state index is -2.16. The van der Waals surface area contributed by atoms with Crippen molar-refractivity contribution < 1.29 is 12.9 Å². The first kappa shape index (κ1) is 10.1. The number of hydrogen-bond donors (Lipinski definition) is 2. The summed E-state index contributed by atoms with van der Waals surface area (Å²) >= 11 is -2.16. The highest BCUT2D eigenvalue weighted by Gasteiger charge is 2.18. The zero-order chi connectivity index (χ0) is 8.97. The average Bonchev–Trinajstić information content (AvgIpc) is 2.05. The minimum Gasteiger partial charge on any atom is -0.314 e. The Hall–Kier alpha value is -0.0100. The van der Waals surface area contributed by atoms with E-state index in [9.17, 15) is 4.21 Å². The van der Waals surface area contributed by atoms with Crippen LogP contribution in [0.4, 0.5) is 0 Å². The fourth-order valence-corrected chi connectivity index (χ4v) is 1.59. The summed E-state index contributed by atoms with van der Waals surface area (Å²) in [6, 6.07) is 0. The topological polar surface area (TPSA) is 61.8 Å². The van der Waals surface area contributed by atoms with Gasteiger partial charge >= 0.3 is 11.4 Å². The Kier molecular flexibility index (Phi) is 4.10. The van der Waals surface area contributed by atoms with Gasteiger partial charge in [0.15, 0.2) is 0 Å². The molecule has 0 aliphatic carbocycles. The Morgan fingerprint density at radius 1 is 1.58 bits per heavy atom. The summed E-state index contributed by atoms with van der Waals surface area (Å²) in [5.41, 5.74) is 0. The highest BCUT2D eigenvalue weighted by molar-refractivity contribution is 7.74. The van der Waals surface area contributed by atoms with Crippen LogP contribution in [0, 0.1) is 0 Å². The number of rotatable bonds is 3. The lowest BCUT2D eigenvalue weighted by Crippen LogP contribution is -2.48. The molecule has 0 amide bonds. The van der Waals surface area contributed by atoms with Gasteiger partial charge < -0.3 is 5.32 Å². The predicted octanol–water partition coefficient (Wildman–Crippen LogP) is -0.609. The van der Waals surface area contributed by atoms with Crippen molar-refractivity contribution in [1.29, 1.82) is 0 Å². The number of hydrogen-bond acceptors (Lipinski definition) is 4. The maximum atomic E-state index is 10.3. The highest BCUT2D eigenvalue weighted by atomic mass is 32.2. The van der Waals surface area contributed by atoms with Gasteiger partial charge in [0.1, 0.15) is 6.23 Å². The van der Waals surface area contributed by atoms with Crippen LogP contribution in [0.1, 0.15) is 6.92 Å². The van der Waals surface area contributed by atoms with Crippen molar-refractivity contribution >= 4 is 11.4 Å². The zero-order valence-corrected chi connectivity index (χ0v) is 7.84. The van der Waals surface area contributed by atoms with Crippen molar-refractivity contribution in [2.24, 2.45) is 0 Å². The van der Waals surface area contributed by atoms with E-state index >= 15 is 0 Å². The van der Waals surface area contributed by atoms with Gasteiger partial charge in [-0.3, -0.25) is 9.45 Å². The van der Waals surface area contributed by atoms with Gasteiger partial charge in [-0.1, -0.05) is 0 Å². The summed E-state index contributed by atoms with van der Waals surface area (Å²) in [5, 5.41) is 3.19. The molecule has 1 aliphatic rings. The molecule has 12 heavy (non-hydrogen) atoms. The molecule has 1 heterocycles. The molecular weight excluding hydrogens is 180 g/mol. The monoisotopic (exact) mass is 194 g/mol. The van der Waals surface area contributed by atoms with E-state index in [1.165, 1.54) is 0 Å². The van der Waals surface area contributed by atoms with E-state index in [4.69, 9.17) is 8.74 Å². The predicted molar refractivity (Wildman–Crippen MR) is 45.8 cm³/mol. The Balaban J connectivity index is 2.29. The highest BCUT2D eigenvalue weighted by Crippen LogP contribution is 2.03. The quantitative estimate of drug-likeness (QED) is 0.587. The molecule has 72 valence electrons. The maximum absolute atomic E-state index is 10.3. The van der Waals surface area contributed by atoms with E-state index in [-0.39, 0.29) is 6.23 Å². The lowest BCUT2D eigenvalue weighted by molar-refractivity contribution is 0.0349. The van der Waals surface area contributed by atoms with Gasteiger partial charge in [0, 0.05) is 26.2 Å². The second-order valence-corrected chi connectivity index (χ2v) is 3.33. The normalized spacial score (nSPS) is 25.2. The third-order valence-corrected chi connectivity index (χ3v) is 2.33. The summed E-state index contributed by atoms with van der Waals surface area (Å²) in [5.74, 6) is 0. The van der Waals surface area contributed by atoms with Crippen molar-refractivity contribution in [3.63, 3.8) is 0 Å². The van der Waals surface area contributed by atoms with Crippen LogP contribution in [0.25, 0.3) is 0 Å². The summed E-state index contributed by atoms with van der Waals surface area (Å²) in [4.78, 5) is 2.02. The number of nitrogens with one attached hydrogen (secondary N) is 1. The second-order valence-electron chi connectivity index (χ2n) is 2.70. The van der Waals surface area contributed by atoms with E-state index < -0.39 is 11.4 Å². The van der Waals surface area contributed by atoms with E-state index in [0.717, 1.165) is 26.2 Å². The first-order chi connectivity index (χ1) is 5.70. The fraction of sp³-hybridized carbons (Fsp3) is 1.00. The Bertz CT molecular complexity index is 161. The van der Waals surface area contributed by atoms with Crippen LogP contribution in [0.15, 0.2) is 0 Å². The summed E-state index contributed by atoms with van der Waals surface area (Å²) < 4.78 is 23.5. The first-order valence-electron chi connectivity index (χ1n) is 3.93. The van der Waals surface area contributed by atoms with Crippen LogP contribution in [-0.4, -0.2) is 46.1 Å². The fourth-order valence-electron chi connectivity index (χ4n) is 1.23. The molecule has 0 radical (unpaired) electrons. The largest absolute Gasteiger partial charge is 0.314 e. The molecule has 1 aliphatic heterocycles. The Morgan fingerprint density at radius 3 is 2.67 bits per heavy atom. The minimum absolute atomic E-state index is 0.280. The summed E-state index contributed by atoms with van der Waals surface area (Å²) in [7, 11) is 0. The Morgan fingerprint density at radius 2 is 2.17 bits per heavy atom. The lowest BCUT2D eigenvalue weighted by atomic mass is 10.3. The van der Waals surface area contributed by atoms with Gasteiger partial charge in [-0.15, -0.1) is 0 Å². The van der Waals surface area contributed by atoms with Crippen LogP contribution in [-0.2, 0) is 15.5 Å². The van der Waals surface area contributed by atoms with Gasteiger partial charge in [0.05, 0.1) is 0 Å². The van der Waals surface area contributed by atoms with Gasteiger partial charge in [0.2, 0.25) is 0 Å². The molecule has 1 rings (SSSR count). The van der Waals surface area contributed by atoms with E-state index in [1.54, 1.807) is 6.92 Å². The molecule has 0 aromatic rings. The molecule has 0 spiro atoms. The van der Waals surface area contributed by atoms with Gasteiger partial charge in [-0.05, 0) is 6.92 Å². The first-order valence-corrected chi connectivity index (χ1v) is 4.96. The molecule has 0 aromatic carbocycles. The van der Waals surface area contributed by atoms with Crippen molar-refractivity contribution in [2.75, 3.05) is 26.2 Å². The standard InChI is InChI=1S/C6H14N2O3S/c1-6(11-12(9)10)8-4-2-7-3-5-8/h6-7H,2-5H2,1H3,(H,9,10). The molecule has 0 saturated carbocycles.